The van der Waals surface area contributed by atoms with E-state index in [9.17, 15) is 18.0 Å². The second kappa shape index (κ2) is 3.37. The van der Waals surface area contributed by atoms with Gasteiger partial charge in [0.1, 0.15) is 0 Å². The molecule has 0 bridgehead atoms. The number of carbonyl (C=O) groups is 1. The summed E-state index contributed by atoms with van der Waals surface area (Å²) in [6, 6.07) is 0. The van der Waals surface area contributed by atoms with Crippen molar-refractivity contribution in [1.29, 1.82) is 0 Å². The lowest BCUT2D eigenvalue weighted by Gasteiger charge is -2.07. The highest BCUT2D eigenvalue weighted by Gasteiger charge is 2.38. The SMILES string of the molecule is NC(=S)NNC(=O)C(F)(F)F. The van der Waals surface area contributed by atoms with Crippen LogP contribution in [-0.4, -0.2) is 17.2 Å². The summed E-state index contributed by atoms with van der Waals surface area (Å²) in [5.41, 5.74) is 7.61. The molecule has 0 aliphatic rings. The van der Waals surface area contributed by atoms with E-state index in [4.69, 9.17) is 5.73 Å². The Morgan fingerprint density at radius 3 is 2.09 bits per heavy atom. The summed E-state index contributed by atoms with van der Waals surface area (Å²) in [5.74, 6) is -2.15. The fraction of sp³-hybridized carbons (Fsp3) is 0.333. The van der Waals surface area contributed by atoms with Crippen LogP contribution in [0.1, 0.15) is 0 Å². The zero-order valence-electron chi connectivity index (χ0n) is 5.03. The second-order valence-electron chi connectivity index (χ2n) is 1.44. The van der Waals surface area contributed by atoms with Crippen molar-refractivity contribution in [3.8, 4) is 0 Å². The molecular formula is C3H4F3N3OS. The Balaban J connectivity index is 3.80. The van der Waals surface area contributed by atoms with E-state index in [1.165, 1.54) is 5.43 Å². The Morgan fingerprint density at radius 1 is 1.36 bits per heavy atom. The zero-order valence-corrected chi connectivity index (χ0v) is 5.84. The van der Waals surface area contributed by atoms with E-state index in [0.717, 1.165) is 0 Å². The van der Waals surface area contributed by atoms with Crippen LogP contribution in [0.5, 0.6) is 0 Å². The van der Waals surface area contributed by atoms with Crippen LogP contribution in [0.4, 0.5) is 13.2 Å². The van der Waals surface area contributed by atoms with Crippen LogP contribution < -0.4 is 16.6 Å². The molecule has 0 saturated carbocycles. The third-order valence-corrected chi connectivity index (χ3v) is 0.659. The predicted octanol–water partition coefficient (Wildman–Crippen LogP) is -0.587. The molecule has 0 unspecified atom stereocenters. The van der Waals surface area contributed by atoms with Crippen LogP contribution in [0, 0.1) is 0 Å². The van der Waals surface area contributed by atoms with Gasteiger partial charge in [0, 0.05) is 0 Å². The maximum Gasteiger partial charge on any atom is 0.472 e. The van der Waals surface area contributed by atoms with Crippen molar-refractivity contribution in [2.45, 2.75) is 6.18 Å². The minimum Gasteiger partial charge on any atom is -0.375 e. The molecule has 64 valence electrons. The number of hydrogen-bond donors (Lipinski definition) is 3. The van der Waals surface area contributed by atoms with Crippen LogP contribution >= 0.6 is 12.2 Å². The number of hydrazine groups is 1. The minimum absolute atomic E-state index is 0.442. The second-order valence-corrected chi connectivity index (χ2v) is 1.88. The Kier molecular flexibility index (Phi) is 3.05. The average molecular weight is 187 g/mol. The summed E-state index contributed by atoms with van der Waals surface area (Å²) in [5, 5.41) is -0.442. The van der Waals surface area contributed by atoms with Crippen LogP contribution in [0.15, 0.2) is 0 Å². The molecule has 0 rings (SSSR count). The van der Waals surface area contributed by atoms with Crippen molar-refractivity contribution in [3.63, 3.8) is 0 Å². The molecule has 4 N–H and O–H groups in total. The van der Waals surface area contributed by atoms with E-state index in [-0.39, 0.29) is 0 Å². The van der Waals surface area contributed by atoms with E-state index in [2.05, 4.69) is 12.2 Å². The van der Waals surface area contributed by atoms with Gasteiger partial charge in [-0.05, 0) is 12.2 Å². The highest BCUT2D eigenvalue weighted by atomic mass is 32.1. The van der Waals surface area contributed by atoms with Gasteiger partial charge >= 0.3 is 12.1 Å². The molecule has 0 spiro atoms. The number of nitrogens with one attached hydrogen (secondary N) is 2. The first-order valence-electron chi connectivity index (χ1n) is 2.26. The molecule has 0 heterocycles. The highest BCUT2D eigenvalue weighted by Crippen LogP contribution is 2.13. The maximum absolute atomic E-state index is 11.4. The van der Waals surface area contributed by atoms with Gasteiger partial charge in [-0.3, -0.25) is 15.6 Å². The zero-order chi connectivity index (χ0) is 9.07. The largest absolute Gasteiger partial charge is 0.472 e. The molecule has 0 aromatic rings. The van der Waals surface area contributed by atoms with Crippen LogP contribution in [0.3, 0.4) is 0 Å². The number of thiocarbonyl (C=S) groups is 1. The van der Waals surface area contributed by atoms with Crippen molar-refractivity contribution in [2.75, 3.05) is 0 Å². The van der Waals surface area contributed by atoms with Crippen molar-refractivity contribution in [1.82, 2.24) is 10.9 Å². The first-order chi connectivity index (χ1) is 4.84. The summed E-state index contributed by atoms with van der Waals surface area (Å²) in [4.78, 5) is 9.96. The van der Waals surface area contributed by atoms with Crippen molar-refractivity contribution in [3.05, 3.63) is 0 Å². The summed E-state index contributed by atoms with van der Waals surface area (Å²) < 4.78 is 34.1. The average Bonchev–Trinajstić information content (AvgIpc) is 1.80. The molecule has 0 radical (unpaired) electrons. The van der Waals surface area contributed by atoms with Gasteiger partial charge in [0.2, 0.25) is 0 Å². The number of nitrogens with two attached hydrogens (primary N) is 1. The number of carbonyl (C=O) groups excluding carboxylic acids is 1. The molecule has 0 aliphatic heterocycles. The quantitative estimate of drug-likeness (QED) is 0.350. The molecule has 0 saturated heterocycles. The van der Waals surface area contributed by atoms with Gasteiger partial charge in [0.25, 0.3) is 0 Å². The smallest absolute Gasteiger partial charge is 0.375 e. The van der Waals surface area contributed by atoms with Gasteiger partial charge in [-0.15, -0.1) is 0 Å². The molecule has 1 amide bonds. The molecule has 0 aliphatic carbocycles. The van der Waals surface area contributed by atoms with E-state index >= 15 is 0 Å². The monoisotopic (exact) mass is 187 g/mol. The normalized spacial score (nSPS) is 10.5. The maximum atomic E-state index is 11.4. The Hall–Kier alpha value is -1.05. The lowest BCUT2D eigenvalue weighted by Crippen LogP contribution is -2.49. The molecule has 0 aromatic carbocycles. The van der Waals surface area contributed by atoms with E-state index in [1.807, 2.05) is 0 Å². The summed E-state index contributed by atoms with van der Waals surface area (Å²) in [6.07, 6.45) is -4.93. The van der Waals surface area contributed by atoms with Crippen molar-refractivity contribution < 1.29 is 18.0 Å². The topological polar surface area (TPSA) is 67.2 Å². The number of halogens is 3. The highest BCUT2D eigenvalue weighted by molar-refractivity contribution is 7.80. The Morgan fingerprint density at radius 2 is 1.82 bits per heavy atom. The molecule has 0 aromatic heterocycles. The molecule has 0 atom stereocenters. The standard InChI is InChI=1S/C3H4F3N3OS/c4-3(5,6)1(10)8-9-2(7)11/h(H,8,10)(H3,7,9,11). The van der Waals surface area contributed by atoms with Crippen LogP contribution in [0.2, 0.25) is 0 Å². The van der Waals surface area contributed by atoms with Crippen LogP contribution in [0.25, 0.3) is 0 Å². The fourth-order valence-electron chi connectivity index (χ4n) is 0.189. The molecule has 11 heavy (non-hydrogen) atoms. The molecule has 4 nitrogen and oxygen atoms in total. The Labute approximate surface area is 64.9 Å². The molecular weight excluding hydrogens is 183 g/mol. The van der Waals surface area contributed by atoms with E-state index in [0.29, 0.717) is 0 Å². The first-order valence-corrected chi connectivity index (χ1v) is 2.67. The van der Waals surface area contributed by atoms with Gasteiger partial charge < -0.3 is 5.73 Å². The minimum atomic E-state index is -4.93. The fourth-order valence-corrected chi connectivity index (χ4v) is 0.240. The van der Waals surface area contributed by atoms with E-state index in [1.54, 1.807) is 5.43 Å². The molecule has 8 heteroatoms. The summed E-state index contributed by atoms with van der Waals surface area (Å²) in [7, 11) is 0. The van der Waals surface area contributed by atoms with Crippen LogP contribution in [-0.2, 0) is 4.79 Å². The lowest BCUT2D eigenvalue weighted by atomic mass is 10.6. The Bertz CT molecular complexity index is 179. The third kappa shape index (κ3) is 4.37. The number of alkyl halides is 3. The van der Waals surface area contributed by atoms with Gasteiger partial charge in [-0.1, -0.05) is 0 Å². The van der Waals surface area contributed by atoms with Gasteiger partial charge in [-0.25, -0.2) is 0 Å². The molecule has 0 fully saturated rings. The summed E-state index contributed by atoms with van der Waals surface area (Å²) >= 11 is 4.12. The first kappa shape index (κ1) is 9.95. The number of hydrogen-bond acceptors (Lipinski definition) is 2. The summed E-state index contributed by atoms with van der Waals surface area (Å²) in [6.45, 7) is 0. The third-order valence-electron chi connectivity index (χ3n) is 0.557. The van der Waals surface area contributed by atoms with E-state index < -0.39 is 17.2 Å². The number of amides is 1. The predicted molar refractivity (Wildman–Crippen MR) is 34.1 cm³/mol. The van der Waals surface area contributed by atoms with Crippen molar-refractivity contribution >= 4 is 23.2 Å². The lowest BCUT2D eigenvalue weighted by molar-refractivity contribution is -0.174. The van der Waals surface area contributed by atoms with Gasteiger partial charge in [0.05, 0.1) is 0 Å². The van der Waals surface area contributed by atoms with Gasteiger partial charge in [-0.2, -0.15) is 13.2 Å². The number of rotatable bonds is 0. The van der Waals surface area contributed by atoms with Crippen molar-refractivity contribution in [2.24, 2.45) is 5.73 Å². The van der Waals surface area contributed by atoms with Gasteiger partial charge in [0.15, 0.2) is 5.11 Å².